The molecule has 0 spiro atoms. The van der Waals surface area contributed by atoms with Gasteiger partial charge in [-0.15, -0.1) is 0 Å². The third-order valence-electron chi connectivity index (χ3n) is 3.86. The normalized spacial score (nSPS) is 11.7. The largest absolute Gasteiger partial charge is 0.464 e. The summed E-state index contributed by atoms with van der Waals surface area (Å²) < 4.78 is 6.54. The summed E-state index contributed by atoms with van der Waals surface area (Å²) in [5.41, 5.74) is 7.85. The van der Waals surface area contributed by atoms with E-state index in [9.17, 15) is 9.59 Å². The van der Waals surface area contributed by atoms with Crippen LogP contribution in [0.15, 0.2) is 30.3 Å². The molecule has 0 aliphatic heterocycles. The summed E-state index contributed by atoms with van der Waals surface area (Å²) >= 11 is 1.59. The number of nitrogens with two attached hydrogens (primary N) is 1. The lowest BCUT2D eigenvalue weighted by Gasteiger charge is -2.17. The fourth-order valence-corrected chi connectivity index (χ4v) is 2.97. The van der Waals surface area contributed by atoms with Gasteiger partial charge in [-0.1, -0.05) is 30.3 Å². The van der Waals surface area contributed by atoms with Crippen molar-refractivity contribution in [3.05, 3.63) is 30.3 Å². The van der Waals surface area contributed by atoms with Gasteiger partial charge in [-0.2, -0.15) is 16.9 Å². The number of rotatable bonds is 8. The Morgan fingerprint density at radius 1 is 1.33 bits per heavy atom. The molecule has 9 heteroatoms. The predicted molar refractivity (Wildman–Crippen MR) is 109 cm³/mol. The number of aromatic nitrogens is 2. The quantitative estimate of drug-likeness (QED) is 0.596. The molecule has 0 saturated heterocycles. The van der Waals surface area contributed by atoms with Gasteiger partial charge >= 0.3 is 12.0 Å². The van der Waals surface area contributed by atoms with Gasteiger partial charge in [0.05, 0.1) is 6.61 Å². The van der Waals surface area contributed by atoms with E-state index in [1.54, 1.807) is 25.7 Å². The molecule has 2 amide bonds. The fraction of sp³-hybridized carbons (Fsp3) is 0.389. The number of benzene rings is 1. The predicted octanol–water partition coefficient (Wildman–Crippen LogP) is 2.48. The third kappa shape index (κ3) is 5.40. The molecule has 8 nitrogen and oxygen atoms in total. The maximum atomic E-state index is 12.5. The molecule has 1 aromatic carbocycles. The first-order chi connectivity index (χ1) is 13.0. The average Bonchev–Trinajstić information content (AvgIpc) is 2.94. The van der Waals surface area contributed by atoms with Gasteiger partial charge in [0.15, 0.2) is 0 Å². The van der Waals surface area contributed by atoms with Crippen LogP contribution < -0.4 is 16.4 Å². The van der Waals surface area contributed by atoms with Crippen molar-refractivity contribution in [2.45, 2.75) is 19.4 Å². The lowest BCUT2D eigenvalue weighted by molar-refractivity contribution is -0.145. The molecule has 1 aromatic heterocycles. The Morgan fingerprint density at radius 2 is 2.04 bits per heavy atom. The highest BCUT2D eigenvalue weighted by Gasteiger charge is 2.24. The van der Waals surface area contributed by atoms with Gasteiger partial charge in [0.25, 0.3) is 0 Å². The molecule has 146 valence electrons. The fourth-order valence-electron chi connectivity index (χ4n) is 2.49. The van der Waals surface area contributed by atoms with E-state index in [2.05, 4.69) is 15.7 Å². The number of hydrogen-bond donors (Lipinski definition) is 3. The van der Waals surface area contributed by atoms with Crippen LogP contribution in [0.3, 0.4) is 0 Å². The van der Waals surface area contributed by atoms with E-state index in [0.717, 1.165) is 5.56 Å². The zero-order chi connectivity index (χ0) is 19.8. The van der Waals surface area contributed by atoms with Gasteiger partial charge in [0, 0.05) is 12.6 Å². The first-order valence-electron chi connectivity index (χ1n) is 8.58. The van der Waals surface area contributed by atoms with Crippen LogP contribution in [0.25, 0.3) is 11.3 Å². The van der Waals surface area contributed by atoms with Crippen LogP contribution in [-0.4, -0.2) is 46.4 Å². The standard InChI is InChI=1S/C18H25N5O3S/c1-4-26-17(24)13(10-11-27-3)20-18(25)21-15-14(22-23(2)16(15)19)12-8-6-5-7-9-12/h5-9,13H,4,10-11,19H2,1-3H3,(H2,20,21,25)/t13-/m0/s1. The number of urea groups is 1. The number of amides is 2. The molecule has 1 atom stereocenters. The van der Waals surface area contributed by atoms with Crippen LogP contribution in [0.2, 0.25) is 0 Å². The molecule has 0 radical (unpaired) electrons. The number of esters is 1. The van der Waals surface area contributed by atoms with E-state index < -0.39 is 18.0 Å². The summed E-state index contributed by atoms with van der Waals surface area (Å²) in [4.78, 5) is 24.6. The second-order valence-corrected chi connectivity index (χ2v) is 6.77. The number of carbonyl (C=O) groups is 2. The maximum absolute atomic E-state index is 12.5. The first-order valence-corrected chi connectivity index (χ1v) is 9.98. The van der Waals surface area contributed by atoms with E-state index >= 15 is 0 Å². The molecule has 1 heterocycles. The number of carbonyl (C=O) groups excluding carboxylic acids is 2. The van der Waals surface area contributed by atoms with Crippen molar-refractivity contribution in [3.63, 3.8) is 0 Å². The van der Waals surface area contributed by atoms with Crippen molar-refractivity contribution >= 4 is 35.3 Å². The van der Waals surface area contributed by atoms with Gasteiger partial charge in [0.2, 0.25) is 0 Å². The lowest BCUT2D eigenvalue weighted by atomic mass is 10.1. The Hall–Kier alpha value is -2.68. The number of ether oxygens (including phenoxy) is 1. The monoisotopic (exact) mass is 391 g/mol. The molecule has 0 aliphatic rings. The summed E-state index contributed by atoms with van der Waals surface area (Å²) in [5, 5.41) is 9.78. The summed E-state index contributed by atoms with van der Waals surface area (Å²) in [6.45, 7) is 1.98. The molecule has 0 bridgehead atoms. The van der Waals surface area contributed by atoms with Gasteiger partial charge in [-0.3, -0.25) is 4.68 Å². The highest BCUT2D eigenvalue weighted by Crippen LogP contribution is 2.31. The Morgan fingerprint density at radius 3 is 2.67 bits per heavy atom. The molecular formula is C18H25N5O3S. The molecular weight excluding hydrogens is 366 g/mol. The number of thioether (sulfide) groups is 1. The minimum absolute atomic E-state index is 0.256. The second-order valence-electron chi connectivity index (χ2n) is 5.78. The van der Waals surface area contributed by atoms with E-state index in [0.29, 0.717) is 29.4 Å². The SMILES string of the molecule is CCOC(=O)[C@H](CCSC)NC(=O)Nc1c(-c2ccccc2)nn(C)c1N. The molecule has 2 aromatic rings. The van der Waals surface area contributed by atoms with Crippen molar-refractivity contribution in [1.82, 2.24) is 15.1 Å². The Bertz CT molecular complexity index is 779. The molecule has 0 unspecified atom stereocenters. The maximum Gasteiger partial charge on any atom is 0.328 e. The lowest BCUT2D eigenvalue weighted by Crippen LogP contribution is -2.44. The van der Waals surface area contributed by atoms with Crippen molar-refractivity contribution in [2.75, 3.05) is 29.7 Å². The van der Waals surface area contributed by atoms with Crippen LogP contribution in [-0.2, 0) is 16.6 Å². The Balaban J connectivity index is 2.18. The molecule has 0 fully saturated rings. The molecule has 4 N–H and O–H groups in total. The summed E-state index contributed by atoms with van der Waals surface area (Å²) in [6.07, 6.45) is 2.41. The van der Waals surface area contributed by atoms with Gasteiger partial charge in [-0.25, -0.2) is 9.59 Å². The smallest absolute Gasteiger partial charge is 0.328 e. The minimum Gasteiger partial charge on any atom is -0.464 e. The van der Waals surface area contributed by atoms with Gasteiger partial charge in [0.1, 0.15) is 23.2 Å². The van der Waals surface area contributed by atoms with Crippen molar-refractivity contribution in [3.8, 4) is 11.3 Å². The van der Waals surface area contributed by atoms with Crippen LogP contribution in [0.5, 0.6) is 0 Å². The number of nitrogen functional groups attached to an aromatic ring is 1. The Labute approximate surface area is 162 Å². The molecule has 0 saturated carbocycles. The highest BCUT2D eigenvalue weighted by atomic mass is 32.2. The highest BCUT2D eigenvalue weighted by molar-refractivity contribution is 7.98. The van der Waals surface area contributed by atoms with Crippen molar-refractivity contribution in [1.29, 1.82) is 0 Å². The second kappa shape index (κ2) is 9.86. The Kier molecular flexibility index (Phi) is 7.54. The number of nitrogens with zero attached hydrogens (tertiary/aromatic N) is 2. The van der Waals surface area contributed by atoms with E-state index in [-0.39, 0.29) is 6.61 Å². The van der Waals surface area contributed by atoms with Crippen LogP contribution in [0, 0.1) is 0 Å². The number of aryl methyl sites for hydroxylation is 1. The van der Waals surface area contributed by atoms with Crippen LogP contribution >= 0.6 is 11.8 Å². The van der Waals surface area contributed by atoms with E-state index in [1.807, 2.05) is 36.6 Å². The summed E-state index contributed by atoms with van der Waals surface area (Å²) in [6, 6.07) is 8.15. The van der Waals surface area contributed by atoms with Gasteiger partial charge < -0.3 is 21.1 Å². The molecule has 2 rings (SSSR count). The number of anilines is 2. The molecule has 0 aliphatic carbocycles. The summed E-state index contributed by atoms with van der Waals surface area (Å²) in [5.74, 6) is 0.582. The topological polar surface area (TPSA) is 111 Å². The number of hydrogen-bond acceptors (Lipinski definition) is 6. The number of nitrogens with one attached hydrogen (secondary N) is 2. The summed E-state index contributed by atoms with van der Waals surface area (Å²) in [7, 11) is 1.70. The first kappa shape index (κ1) is 20.6. The van der Waals surface area contributed by atoms with Crippen LogP contribution in [0.1, 0.15) is 13.3 Å². The zero-order valence-electron chi connectivity index (χ0n) is 15.7. The average molecular weight is 391 g/mol. The van der Waals surface area contributed by atoms with E-state index in [4.69, 9.17) is 10.5 Å². The van der Waals surface area contributed by atoms with Gasteiger partial charge in [-0.05, 0) is 25.4 Å². The van der Waals surface area contributed by atoms with Crippen molar-refractivity contribution in [2.24, 2.45) is 7.05 Å². The minimum atomic E-state index is -0.726. The molecule has 27 heavy (non-hydrogen) atoms. The van der Waals surface area contributed by atoms with Crippen molar-refractivity contribution < 1.29 is 14.3 Å². The van der Waals surface area contributed by atoms with Crippen LogP contribution in [0.4, 0.5) is 16.3 Å². The zero-order valence-corrected chi connectivity index (χ0v) is 16.5. The third-order valence-corrected chi connectivity index (χ3v) is 4.51. The van der Waals surface area contributed by atoms with E-state index in [1.165, 1.54) is 4.68 Å².